The van der Waals surface area contributed by atoms with Crippen molar-refractivity contribution in [2.45, 2.75) is 63.8 Å². The van der Waals surface area contributed by atoms with E-state index in [4.69, 9.17) is 0 Å². The van der Waals surface area contributed by atoms with Crippen LogP contribution in [-0.4, -0.2) is 75.2 Å². The Hall–Kier alpha value is -3.41. The van der Waals surface area contributed by atoms with Crippen LogP contribution in [0.2, 0.25) is 0 Å². The minimum atomic E-state index is -4.59. The molecule has 1 aromatic heterocycles. The van der Waals surface area contributed by atoms with Gasteiger partial charge in [-0.25, -0.2) is 0 Å². The zero-order valence-corrected chi connectivity index (χ0v) is 22.1. The third-order valence-corrected chi connectivity index (χ3v) is 7.73. The Morgan fingerprint density at radius 3 is 2.51 bits per heavy atom. The number of hydrogen-bond donors (Lipinski definition) is 2. The summed E-state index contributed by atoms with van der Waals surface area (Å²) in [7, 11) is 1.69. The van der Waals surface area contributed by atoms with Gasteiger partial charge >= 0.3 is 6.18 Å². The van der Waals surface area contributed by atoms with E-state index in [0.29, 0.717) is 12.8 Å². The van der Waals surface area contributed by atoms with Crippen LogP contribution in [-0.2, 0) is 33.5 Å². The van der Waals surface area contributed by atoms with E-state index in [0.717, 1.165) is 35.6 Å². The van der Waals surface area contributed by atoms with E-state index in [-0.39, 0.29) is 49.1 Å². The van der Waals surface area contributed by atoms with Crippen LogP contribution in [0.4, 0.5) is 13.2 Å². The van der Waals surface area contributed by atoms with E-state index in [2.05, 4.69) is 16.5 Å². The van der Waals surface area contributed by atoms with E-state index in [1.54, 1.807) is 11.9 Å². The number of aromatic nitrogens is 2. The fourth-order valence-electron chi connectivity index (χ4n) is 5.43. The predicted molar refractivity (Wildman–Crippen MR) is 135 cm³/mol. The van der Waals surface area contributed by atoms with Crippen molar-refractivity contribution < 1.29 is 32.7 Å². The van der Waals surface area contributed by atoms with Crippen LogP contribution < -0.4 is 5.32 Å². The van der Waals surface area contributed by atoms with Gasteiger partial charge in [-0.05, 0) is 56.2 Å². The van der Waals surface area contributed by atoms with Crippen molar-refractivity contribution in [3.63, 3.8) is 0 Å². The quantitative estimate of drug-likeness (QED) is 0.552. The molecule has 1 saturated heterocycles. The van der Waals surface area contributed by atoms with E-state index in [1.165, 1.54) is 17.4 Å². The highest BCUT2D eigenvalue weighted by molar-refractivity contribution is 5.89. The first-order valence-corrected chi connectivity index (χ1v) is 13.1. The minimum absolute atomic E-state index is 0.131. The maximum atomic E-state index is 13.2. The third kappa shape index (κ3) is 6.43. The van der Waals surface area contributed by atoms with Crippen molar-refractivity contribution in [2.75, 3.05) is 26.7 Å². The number of nitrogens with one attached hydrogen (secondary N) is 1. The second-order valence-corrected chi connectivity index (χ2v) is 10.3. The lowest BCUT2D eigenvalue weighted by atomic mass is 9.87. The number of rotatable bonds is 7. The molecule has 9 nitrogen and oxygen atoms in total. The molecule has 4 rings (SSSR count). The number of amides is 3. The van der Waals surface area contributed by atoms with Crippen LogP contribution in [0.1, 0.15) is 54.2 Å². The predicted octanol–water partition coefficient (Wildman–Crippen LogP) is 2.46. The summed E-state index contributed by atoms with van der Waals surface area (Å²) >= 11 is 0. The van der Waals surface area contributed by atoms with Crippen molar-refractivity contribution >= 4 is 17.7 Å². The molecule has 0 unspecified atom stereocenters. The van der Waals surface area contributed by atoms with Crippen molar-refractivity contribution in [3.05, 3.63) is 52.8 Å². The average Bonchev–Trinajstić information content (AvgIpc) is 3.31. The normalized spacial score (nSPS) is 18.8. The van der Waals surface area contributed by atoms with E-state index >= 15 is 0 Å². The molecule has 3 amide bonds. The zero-order chi connectivity index (χ0) is 28.3. The third-order valence-electron chi connectivity index (χ3n) is 7.73. The number of halogens is 3. The van der Waals surface area contributed by atoms with Crippen LogP contribution in [0.15, 0.2) is 30.3 Å². The Kier molecular flexibility index (Phi) is 8.63. The highest BCUT2D eigenvalue weighted by Crippen LogP contribution is 2.34. The molecule has 2 N–H and O–H groups in total. The molecule has 0 radical (unpaired) electrons. The molecule has 1 aromatic carbocycles. The number of benzene rings is 1. The molecule has 212 valence electrons. The SMILES string of the molecule is Cc1cc(C(F)(F)F)nn1CC(=O)N1CCC(C(=O)N[C@@H](CO)C(=O)N(C)[C@@H]2CCCc3ccccc32)CC1. The maximum Gasteiger partial charge on any atom is 0.435 e. The Morgan fingerprint density at radius 1 is 1.18 bits per heavy atom. The fraction of sp³-hybridized carbons (Fsp3) is 0.556. The number of aliphatic hydroxyl groups is 1. The molecule has 1 fully saturated rings. The van der Waals surface area contributed by atoms with Gasteiger partial charge in [0.15, 0.2) is 5.69 Å². The molecule has 12 heteroatoms. The molecule has 0 bridgehead atoms. The van der Waals surface area contributed by atoms with Gasteiger partial charge in [0.25, 0.3) is 0 Å². The van der Waals surface area contributed by atoms with Crippen molar-refractivity contribution in [2.24, 2.45) is 5.92 Å². The number of alkyl halides is 3. The monoisotopic (exact) mass is 549 g/mol. The number of nitrogens with zero attached hydrogens (tertiary/aromatic N) is 4. The Balaban J connectivity index is 1.30. The summed E-state index contributed by atoms with van der Waals surface area (Å²) in [5, 5.41) is 16.1. The second kappa shape index (κ2) is 11.8. The summed E-state index contributed by atoms with van der Waals surface area (Å²) in [5.41, 5.74) is 1.46. The van der Waals surface area contributed by atoms with E-state index < -0.39 is 30.4 Å². The molecule has 2 atom stereocenters. The van der Waals surface area contributed by atoms with Crippen molar-refractivity contribution in [3.8, 4) is 0 Å². The van der Waals surface area contributed by atoms with Crippen LogP contribution in [0.25, 0.3) is 0 Å². The van der Waals surface area contributed by atoms with Crippen LogP contribution in [0.3, 0.4) is 0 Å². The molecule has 1 aliphatic heterocycles. The number of piperidine rings is 1. The highest BCUT2D eigenvalue weighted by atomic mass is 19.4. The topological polar surface area (TPSA) is 108 Å². The Labute approximate surface area is 224 Å². The van der Waals surface area contributed by atoms with E-state index in [9.17, 15) is 32.7 Å². The molecular formula is C27H34F3N5O4. The summed E-state index contributed by atoms with van der Waals surface area (Å²) in [6.07, 6.45) is -1.23. The van der Waals surface area contributed by atoms with E-state index in [1.807, 2.05) is 18.2 Å². The lowest BCUT2D eigenvalue weighted by Gasteiger charge is -2.36. The summed E-state index contributed by atoms with van der Waals surface area (Å²) < 4.78 is 39.8. The lowest BCUT2D eigenvalue weighted by molar-refractivity contribution is -0.142. The van der Waals surface area contributed by atoms with Gasteiger partial charge in [-0.2, -0.15) is 18.3 Å². The summed E-state index contributed by atoms with van der Waals surface area (Å²) in [6, 6.07) is 7.66. The van der Waals surface area contributed by atoms with Gasteiger partial charge < -0.3 is 20.2 Å². The van der Waals surface area contributed by atoms with Gasteiger partial charge in [0, 0.05) is 31.7 Å². The first kappa shape index (κ1) is 28.6. The second-order valence-electron chi connectivity index (χ2n) is 10.3. The van der Waals surface area contributed by atoms with Crippen LogP contribution in [0.5, 0.6) is 0 Å². The molecule has 2 aliphatic rings. The van der Waals surface area contributed by atoms with Gasteiger partial charge in [0.1, 0.15) is 12.6 Å². The minimum Gasteiger partial charge on any atom is -0.394 e. The molecule has 2 aromatic rings. The fourth-order valence-corrected chi connectivity index (χ4v) is 5.43. The summed E-state index contributed by atoms with van der Waals surface area (Å²) in [5.74, 6) is -1.58. The molecule has 0 spiro atoms. The van der Waals surface area contributed by atoms with Crippen molar-refractivity contribution in [1.29, 1.82) is 0 Å². The number of hydrogen-bond acceptors (Lipinski definition) is 5. The summed E-state index contributed by atoms with van der Waals surface area (Å²) in [4.78, 5) is 42.0. The number of aliphatic hydroxyl groups excluding tert-OH is 1. The Morgan fingerprint density at radius 2 is 1.87 bits per heavy atom. The van der Waals surface area contributed by atoms with Crippen LogP contribution in [0, 0.1) is 12.8 Å². The number of fused-ring (bicyclic) bond motifs is 1. The lowest BCUT2D eigenvalue weighted by Crippen LogP contribution is -2.53. The molecule has 2 heterocycles. The number of carbonyl (C=O) groups excluding carboxylic acids is 3. The zero-order valence-electron chi connectivity index (χ0n) is 22.1. The standard InChI is InChI=1S/C27H34F3N5O4/c1-17-14-23(27(28,29)30)32-35(17)15-24(37)34-12-10-19(11-13-34)25(38)31-21(16-36)26(39)33(2)22-9-5-7-18-6-3-4-8-20(18)22/h3-4,6,8,14,19,21-22,36H,5,7,9-13,15-16H2,1-2H3,(H,31,38)/t21-,22+/m0/s1. The molecule has 39 heavy (non-hydrogen) atoms. The van der Waals surface area contributed by atoms with Gasteiger partial charge in [0.05, 0.1) is 12.6 Å². The number of likely N-dealkylation sites (N-methyl/N-ethyl adjacent to an activating group) is 1. The molecular weight excluding hydrogens is 515 g/mol. The van der Waals surface area contributed by atoms with Gasteiger partial charge in [0.2, 0.25) is 17.7 Å². The largest absolute Gasteiger partial charge is 0.435 e. The van der Waals surface area contributed by atoms with Gasteiger partial charge in [-0.3, -0.25) is 19.1 Å². The van der Waals surface area contributed by atoms with Gasteiger partial charge in [-0.1, -0.05) is 24.3 Å². The molecule has 1 aliphatic carbocycles. The highest BCUT2D eigenvalue weighted by Gasteiger charge is 2.36. The Bertz CT molecular complexity index is 1210. The summed E-state index contributed by atoms with van der Waals surface area (Å²) in [6.45, 7) is 1.09. The first-order chi connectivity index (χ1) is 18.5. The number of aryl methyl sites for hydroxylation is 2. The number of likely N-dealkylation sites (tertiary alicyclic amines) is 1. The maximum absolute atomic E-state index is 13.2. The van der Waals surface area contributed by atoms with Crippen molar-refractivity contribution in [1.82, 2.24) is 24.9 Å². The smallest absolute Gasteiger partial charge is 0.394 e. The number of carbonyl (C=O) groups is 3. The van der Waals surface area contributed by atoms with Gasteiger partial charge in [-0.15, -0.1) is 0 Å². The average molecular weight is 550 g/mol. The first-order valence-electron chi connectivity index (χ1n) is 13.1. The molecule has 0 saturated carbocycles. The van der Waals surface area contributed by atoms with Crippen LogP contribution >= 0.6 is 0 Å².